The monoisotopic (exact) mass is 517 g/mol. The van der Waals surface area contributed by atoms with Gasteiger partial charge in [0.25, 0.3) is 0 Å². The maximum Gasteiger partial charge on any atom is 0.162 e. The van der Waals surface area contributed by atoms with Crippen LogP contribution in [0.1, 0.15) is 83.9 Å². The first-order chi connectivity index (χ1) is 15.6. The zero-order valence-corrected chi connectivity index (χ0v) is 22.7. The maximum atomic E-state index is 13.4. The first-order valence-electron chi connectivity index (χ1n) is 11.7. The highest BCUT2D eigenvalue weighted by atomic mass is 79.9. The van der Waals surface area contributed by atoms with Crippen molar-refractivity contribution in [3.63, 3.8) is 0 Å². The Kier molecular flexibility index (Phi) is 10.2. The number of allylic oxidation sites excluding steroid dienone is 1. The summed E-state index contributed by atoms with van der Waals surface area (Å²) in [5.74, 6) is 1.82. The number of benzene rings is 2. The first-order valence-corrected chi connectivity index (χ1v) is 12.5. The predicted octanol–water partition coefficient (Wildman–Crippen LogP) is 8.77. The molecule has 0 saturated heterocycles. The van der Waals surface area contributed by atoms with E-state index in [-0.39, 0.29) is 18.0 Å². The van der Waals surface area contributed by atoms with Crippen molar-refractivity contribution in [1.29, 1.82) is 0 Å². The van der Waals surface area contributed by atoms with Gasteiger partial charge in [0.1, 0.15) is 18.0 Å². The van der Waals surface area contributed by atoms with Crippen LogP contribution in [0.5, 0.6) is 11.5 Å². The number of hydrogen-bond acceptors (Lipinski definition) is 3. The molecule has 180 valence electrons. The lowest BCUT2D eigenvalue weighted by Crippen LogP contribution is -2.35. The van der Waals surface area contributed by atoms with Crippen LogP contribution in [0.4, 0.5) is 4.39 Å². The quantitative estimate of drug-likeness (QED) is 0.371. The van der Waals surface area contributed by atoms with Crippen molar-refractivity contribution in [2.45, 2.75) is 86.4 Å². The van der Waals surface area contributed by atoms with Crippen LogP contribution in [0.3, 0.4) is 0 Å². The number of ether oxygens (including phenoxy) is 2. The molecule has 0 aromatic heterocycles. The van der Waals surface area contributed by atoms with Gasteiger partial charge in [-0.3, -0.25) is 4.99 Å². The third kappa shape index (κ3) is 7.17. The van der Waals surface area contributed by atoms with Crippen LogP contribution in [0.15, 0.2) is 51.6 Å². The number of halogens is 2. The highest BCUT2D eigenvalue weighted by Gasteiger charge is 2.25. The molecule has 2 aromatic rings. The lowest BCUT2D eigenvalue weighted by atomic mass is 9.98. The maximum absolute atomic E-state index is 13.4. The second kappa shape index (κ2) is 12.4. The Morgan fingerprint density at radius 2 is 1.73 bits per heavy atom. The molecule has 2 aromatic carbocycles. The third-order valence-electron chi connectivity index (χ3n) is 6.13. The zero-order valence-electron chi connectivity index (χ0n) is 21.1. The Balaban J connectivity index is 0.000000273. The van der Waals surface area contributed by atoms with Gasteiger partial charge in [0.05, 0.1) is 4.47 Å². The van der Waals surface area contributed by atoms with Gasteiger partial charge < -0.3 is 9.47 Å². The molecule has 3 nitrogen and oxygen atoms in total. The smallest absolute Gasteiger partial charge is 0.162 e. The summed E-state index contributed by atoms with van der Waals surface area (Å²) in [7, 11) is 0. The van der Waals surface area contributed by atoms with E-state index in [9.17, 15) is 4.39 Å². The molecule has 3 atom stereocenters. The Labute approximate surface area is 207 Å². The van der Waals surface area contributed by atoms with E-state index in [1.54, 1.807) is 6.07 Å². The van der Waals surface area contributed by atoms with Crippen LogP contribution in [0.2, 0.25) is 0 Å². The lowest BCUT2D eigenvalue weighted by molar-refractivity contribution is 0.0429. The van der Waals surface area contributed by atoms with Crippen molar-refractivity contribution in [2.75, 3.05) is 0 Å². The minimum absolute atomic E-state index is 0.0625. The van der Waals surface area contributed by atoms with E-state index in [0.717, 1.165) is 46.7 Å². The molecule has 3 rings (SSSR count). The molecule has 0 amide bonds. The van der Waals surface area contributed by atoms with Crippen molar-refractivity contribution < 1.29 is 13.9 Å². The summed E-state index contributed by atoms with van der Waals surface area (Å²) in [6.45, 7) is 16.5. The summed E-state index contributed by atoms with van der Waals surface area (Å²) in [5.41, 5.74) is 5.33. The molecule has 0 fully saturated rings. The summed E-state index contributed by atoms with van der Waals surface area (Å²) in [6.07, 6.45) is 4.07. The highest BCUT2D eigenvalue weighted by molar-refractivity contribution is 9.10. The van der Waals surface area contributed by atoms with E-state index in [2.05, 4.69) is 48.6 Å². The van der Waals surface area contributed by atoms with Crippen LogP contribution in [0, 0.1) is 12.7 Å². The number of hydrogen-bond donors (Lipinski definition) is 0. The Morgan fingerprint density at radius 3 is 2.30 bits per heavy atom. The van der Waals surface area contributed by atoms with Gasteiger partial charge in [0, 0.05) is 17.5 Å². The fourth-order valence-corrected chi connectivity index (χ4v) is 3.70. The number of aliphatic imine (C=N–C) groups is 1. The van der Waals surface area contributed by atoms with Crippen LogP contribution < -0.4 is 9.47 Å². The van der Waals surface area contributed by atoms with E-state index in [0.29, 0.717) is 10.4 Å². The number of fused-ring (bicyclic) bond motifs is 1. The van der Waals surface area contributed by atoms with Gasteiger partial charge in [-0.15, -0.1) is 0 Å². The first kappa shape index (κ1) is 27.1. The molecule has 0 N–H and O–H groups in total. The fraction of sp³-hybridized carbons (Fsp3) is 0.464. The molecular weight excluding hydrogens is 481 g/mol. The summed E-state index contributed by atoms with van der Waals surface area (Å²) in [6, 6.07) is 9.52. The van der Waals surface area contributed by atoms with E-state index in [1.165, 1.54) is 5.57 Å². The number of nitrogens with zero attached hydrogens (tertiary/aromatic N) is 1. The van der Waals surface area contributed by atoms with E-state index < -0.39 is 0 Å². The molecule has 0 spiro atoms. The molecule has 3 unspecified atom stereocenters. The average Bonchev–Trinajstić information content (AvgIpc) is 2.79. The molecule has 0 aliphatic carbocycles. The number of rotatable bonds is 5. The van der Waals surface area contributed by atoms with Crippen LogP contribution >= 0.6 is 15.9 Å². The molecular formula is C28H37BrFNO2. The van der Waals surface area contributed by atoms with E-state index in [4.69, 9.17) is 9.47 Å². The van der Waals surface area contributed by atoms with Crippen molar-refractivity contribution in [2.24, 2.45) is 4.99 Å². The van der Waals surface area contributed by atoms with Gasteiger partial charge in [-0.25, -0.2) is 4.39 Å². The Hall–Kier alpha value is -2.14. The van der Waals surface area contributed by atoms with Gasteiger partial charge in [-0.2, -0.15) is 0 Å². The topological polar surface area (TPSA) is 30.8 Å². The second-order valence-electron chi connectivity index (χ2n) is 8.76. The Morgan fingerprint density at radius 1 is 1.12 bits per heavy atom. The summed E-state index contributed by atoms with van der Waals surface area (Å²) in [4.78, 5) is 4.57. The SMILES string of the molecule is CC/C(C)=C/N=C(C)c1cc2c(cc1C)OC(C)C(C)O2.CCC(C)c1cccc(Br)c1F. The largest absolute Gasteiger partial charge is 0.483 e. The van der Waals surface area contributed by atoms with Gasteiger partial charge in [0.2, 0.25) is 0 Å². The van der Waals surface area contributed by atoms with Gasteiger partial charge in [-0.05, 0) is 98.6 Å². The van der Waals surface area contributed by atoms with Gasteiger partial charge in [0.15, 0.2) is 11.5 Å². The highest BCUT2D eigenvalue weighted by Crippen LogP contribution is 2.36. The third-order valence-corrected chi connectivity index (χ3v) is 6.74. The average molecular weight is 519 g/mol. The molecule has 33 heavy (non-hydrogen) atoms. The Bertz CT molecular complexity index is 1020. The minimum Gasteiger partial charge on any atom is -0.483 e. The van der Waals surface area contributed by atoms with Crippen LogP contribution in [0.25, 0.3) is 0 Å². The lowest BCUT2D eigenvalue weighted by Gasteiger charge is -2.30. The van der Waals surface area contributed by atoms with Gasteiger partial charge in [-0.1, -0.05) is 38.5 Å². The van der Waals surface area contributed by atoms with E-state index in [1.807, 2.05) is 58.2 Å². The molecule has 0 saturated carbocycles. The second-order valence-corrected chi connectivity index (χ2v) is 9.61. The fourth-order valence-electron chi connectivity index (χ4n) is 3.32. The zero-order chi connectivity index (χ0) is 24.7. The van der Waals surface area contributed by atoms with Crippen molar-refractivity contribution in [3.8, 4) is 11.5 Å². The predicted molar refractivity (Wildman–Crippen MR) is 140 cm³/mol. The van der Waals surface area contributed by atoms with Gasteiger partial charge >= 0.3 is 0 Å². The minimum atomic E-state index is -0.119. The molecule has 1 aliphatic rings. The normalized spacial score (nSPS) is 19.0. The van der Waals surface area contributed by atoms with Crippen LogP contribution in [-0.4, -0.2) is 17.9 Å². The standard InChI is InChI=1S/C18H25NO2.C10H12BrF/c1-7-11(2)10-19-13(4)16-9-18-17(8-12(16)3)20-14(5)15(6)21-18;1-3-7(2)8-5-4-6-9(11)10(8)12/h8-10,14-15H,7H2,1-6H3;4-7H,3H2,1-2H3/b11-10+,19-13?;. The van der Waals surface area contributed by atoms with Crippen LogP contribution in [-0.2, 0) is 0 Å². The number of aryl methyl sites for hydroxylation is 1. The molecule has 5 heteroatoms. The molecule has 0 bridgehead atoms. The van der Waals surface area contributed by atoms with Crippen molar-refractivity contribution in [1.82, 2.24) is 0 Å². The van der Waals surface area contributed by atoms with Crippen molar-refractivity contribution in [3.05, 3.63) is 69.1 Å². The summed E-state index contributed by atoms with van der Waals surface area (Å²) < 4.78 is 25.8. The van der Waals surface area contributed by atoms with E-state index >= 15 is 0 Å². The molecule has 0 radical (unpaired) electrons. The summed E-state index contributed by atoms with van der Waals surface area (Å²) >= 11 is 3.17. The summed E-state index contributed by atoms with van der Waals surface area (Å²) in [5, 5.41) is 0. The molecule has 1 aliphatic heterocycles. The van der Waals surface area contributed by atoms with Crippen molar-refractivity contribution >= 4 is 21.6 Å². The molecule has 1 heterocycles.